The highest BCUT2D eigenvalue weighted by atomic mass is 35.5. The molecule has 1 aromatic carbocycles. The molecule has 158 valence electrons. The van der Waals surface area contributed by atoms with Crippen LogP contribution in [0.4, 0.5) is 0 Å². The van der Waals surface area contributed by atoms with Crippen molar-refractivity contribution >= 4 is 28.7 Å². The minimum absolute atomic E-state index is 0.0141. The molecule has 4 rings (SSSR count). The molecule has 8 nitrogen and oxygen atoms in total. The van der Waals surface area contributed by atoms with Crippen molar-refractivity contribution in [1.29, 1.82) is 0 Å². The number of aliphatic hydroxyl groups is 1. The van der Waals surface area contributed by atoms with Crippen LogP contribution in [0.15, 0.2) is 35.3 Å². The molecule has 1 aliphatic carbocycles. The van der Waals surface area contributed by atoms with E-state index in [1.54, 1.807) is 16.7 Å². The molecule has 1 fully saturated rings. The first kappa shape index (κ1) is 20.4. The Morgan fingerprint density at radius 1 is 1.27 bits per heavy atom. The monoisotopic (exact) mass is 431 g/mol. The van der Waals surface area contributed by atoms with Gasteiger partial charge in [0.15, 0.2) is 5.65 Å². The number of aromatic nitrogens is 3. The van der Waals surface area contributed by atoms with Crippen molar-refractivity contribution in [3.8, 4) is 5.75 Å². The van der Waals surface area contributed by atoms with Gasteiger partial charge in [0.05, 0.1) is 35.9 Å². The number of carbonyl (C=O) groups is 1. The summed E-state index contributed by atoms with van der Waals surface area (Å²) in [6.07, 6.45) is 3.48. The second-order valence-corrected chi connectivity index (χ2v) is 7.95. The summed E-state index contributed by atoms with van der Waals surface area (Å²) in [5.41, 5.74) is 1.44. The van der Waals surface area contributed by atoms with Gasteiger partial charge in [0, 0.05) is 12.2 Å². The van der Waals surface area contributed by atoms with Crippen molar-refractivity contribution in [2.75, 3.05) is 7.11 Å². The summed E-state index contributed by atoms with van der Waals surface area (Å²) in [4.78, 5) is 29.2. The number of imidazole rings is 1. The molecule has 0 bridgehead atoms. The molecule has 2 heterocycles. The number of benzene rings is 1. The van der Waals surface area contributed by atoms with Gasteiger partial charge in [0.25, 0.3) is 0 Å². The van der Waals surface area contributed by atoms with Gasteiger partial charge in [-0.05, 0) is 49.4 Å². The Balaban J connectivity index is 1.84. The van der Waals surface area contributed by atoms with Crippen LogP contribution in [0, 0.1) is 0 Å². The van der Waals surface area contributed by atoms with E-state index in [0.717, 1.165) is 5.56 Å². The molecule has 0 spiro atoms. The number of nitrogens with zero attached hydrogens (tertiary/aromatic N) is 3. The molecule has 3 aromatic rings. The first-order valence-corrected chi connectivity index (χ1v) is 10.1. The molecular weight excluding hydrogens is 410 g/mol. The number of fused-ring (bicyclic) bond motifs is 1. The minimum atomic E-state index is -1.11. The molecule has 1 aliphatic rings. The van der Waals surface area contributed by atoms with E-state index >= 15 is 0 Å². The zero-order valence-electron chi connectivity index (χ0n) is 16.4. The lowest BCUT2D eigenvalue weighted by molar-refractivity contribution is 0.0696. The molecule has 0 atom stereocenters. The van der Waals surface area contributed by atoms with Crippen LogP contribution in [0.2, 0.25) is 5.02 Å². The molecular formula is C21H22ClN3O5. The topological polar surface area (TPSA) is 107 Å². The number of aliphatic hydroxyl groups excluding tert-OH is 1. The van der Waals surface area contributed by atoms with Gasteiger partial charge in [-0.3, -0.25) is 9.13 Å². The lowest BCUT2D eigenvalue weighted by atomic mass is 9.93. The second kappa shape index (κ2) is 8.12. The Morgan fingerprint density at radius 2 is 2.00 bits per heavy atom. The number of hydrogen-bond donors (Lipinski definition) is 2. The average Bonchev–Trinajstić information content (AvgIpc) is 3.00. The van der Waals surface area contributed by atoms with Gasteiger partial charge in [0.2, 0.25) is 0 Å². The predicted molar refractivity (Wildman–Crippen MR) is 112 cm³/mol. The Morgan fingerprint density at radius 3 is 2.63 bits per heavy atom. The maximum absolute atomic E-state index is 13.4. The van der Waals surface area contributed by atoms with E-state index in [1.165, 1.54) is 23.9 Å². The maximum atomic E-state index is 13.4. The summed E-state index contributed by atoms with van der Waals surface area (Å²) in [5, 5.41) is 19.6. The van der Waals surface area contributed by atoms with Crippen molar-refractivity contribution in [2.24, 2.45) is 0 Å². The van der Waals surface area contributed by atoms with Gasteiger partial charge in [-0.2, -0.15) is 0 Å². The van der Waals surface area contributed by atoms with E-state index in [2.05, 4.69) is 4.98 Å². The third kappa shape index (κ3) is 3.68. The van der Waals surface area contributed by atoms with E-state index in [0.29, 0.717) is 47.6 Å². The molecule has 0 amide bonds. The van der Waals surface area contributed by atoms with Crippen LogP contribution in [0.3, 0.4) is 0 Å². The smallest absolute Gasteiger partial charge is 0.337 e. The highest BCUT2D eigenvalue weighted by Crippen LogP contribution is 2.30. The van der Waals surface area contributed by atoms with Crippen LogP contribution < -0.4 is 10.4 Å². The minimum Gasteiger partial charge on any atom is -0.495 e. The normalized spacial score (nSPS) is 19.2. The van der Waals surface area contributed by atoms with Gasteiger partial charge >= 0.3 is 11.7 Å². The Kier molecular flexibility index (Phi) is 5.53. The lowest BCUT2D eigenvalue weighted by Crippen LogP contribution is -2.31. The third-order valence-electron chi connectivity index (χ3n) is 5.64. The number of aromatic carboxylic acids is 1. The molecule has 2 N–H and O–H groups in total. The van der Waals surface area contributed by atoms with Crippen LogP contribution in [-0.4, -0.2) is 43.5 Å². The van der Waals surface area contributed by atoms with Gasteiger partial charge < -0.3 is 14.9 Å². The number of ether oxygens (including phenoxy) is 1. The van der Waals surface area contributed by atoms with Crippen LogP contribution in [0.1, 0.15) is 47.6 Å². The number of pyridine rings is 1. The molecule has 0 radical (unpaired) electrons. The summed E-state index contributed by atoms with van der Waals surface area (Å²) in [5.74, 6) is -0.574. The zero-order valence-corrected chi connectivity index (χ0v) is 17.2. The standard InChI is InChI=1S/C21H22ClN3O5/c1-30-18-7-2-12(8-16(18)22)11-24-17-9-13(20(27)28)10-23-19(17)25(21(24)29)14-3-5-15(26)6-4-14/h2,7-10,14-15,26H,3-6,11H2,1H3,(H,27,28). The fraction of sp³-hybridized carbons (Fsp3) is 0.381. The van der Waals surface area contributed by atoms with Gasteiger partial charge in [-0.25, -0.2) is 14.6 Å². The average molecular weight is 432 g/mol. The van der Waals surface area contributed by atoms with E-state index in [9.17, 15) is 19.8 Å². The highest BCUT2D eigenvalue weighted by Gasteiger charge is 2.26. The third-order valence-corrected chi connectivity index (χ3v) is 5.93. The molecule has 0 saturated heterocycles. The largest absolute Gasteiger partial charge is 0.495 e. The number of methoxy groups -OCH3 is 1. The van der Waals surface area contributed by atoms with Crippen molar-refractivity contribution < 1.29 is 19.7 Å². The Labute approximate surface area is 177 Å². The summed E-state index contributed by atoms with van der Waals surface area (Å²) in [6, 6.07) is 6.65. The fourth-order valence-electron chi connectivity index (χ4n) is 4.06. The number of halogens is 1. The molecule has 0 unspecified atom stereocenters. The predicted octanol–water partition coefficient (Wildman–Crippen LogP) is 3.08. The van der Waals surface area contributed by atoms with E-state index in [-0.39, 0.29) is 29.9 Å². The van der Waals surface area contributed by atoms with E-state index < -0.39 is 5.97 Å². The van der Waals surface area contributed by atoms with Crippen LogP contribution in [0.25, 0.3) is 11.2 Å². The fourth-order valence-corrected chi connectivity index (χ4v) is 4.34. The summed E-state index contributed by atoms with van der Waals surface area (Å²) in [7, 11) is 1.53. The summed E-state index contributed by atoms with van der Waals surface area (Å²) < 4.78 is 8.34. The Bertz CT molecular complexity index is 1160. The van der Waals surface area contributed by atoms with Crippen molar-refractivity contribution in [2.45, 2.75) is 44.4 Å². The van der Waals surface area contributed by atoms with Crippen molar-refractivity contribution in [3.05, 3.63) is 57.1 Å². The summed E-state index contributed by atoms with van der Waals surface area (Å²) >= 11 is 6.23. The zero-order chi connectivity index (χ0) is 21.4. The molecule has 9 heteroatoms. The molecule has 30 heavy (non-hydrogen) atoms. The molecule has 2 aromatic heterocycles. The first-order chi connectivity index (χ1) is 14.4. The van der Waals surface area contributed by atoms with Gasteiger partial charge in [-0.15, -0.1) is 0 Å². The SMILES string of the molecule is COc1ccc(Cn2c(=O)n(C3CCC(O)CC3)c3ncc(C(=O)O)cc32)cc1Cl. The van der Waals surface area contributed by atoms with Crippen LogP contribution >= 0.6 is 11.6 Å². The van der Waals surface area contributed by atoms with Gasteiger partial charge in [0.1, 0.15) is 5.75 Å². The first-order valence-electron chi connectivity index (χ1n) is 9.73. The van der Waals surface area contributed by atoms with Gasteiger partial charge in [-0.1, -0.05) is 17.7 Å². The summed E-state index contributed by atoms with van der Waals surface area (Å²) in [6.45, 7) is 0.214. The molecule has 0 aliphatic heterocycles. The van der Waals surface area contributed by atoms with E-state index in [1.807, 2.05) is 6.07 Å². The van der Waals surface area contributed by atoms with Crippen LogP contribution in [0.5, 0.6) is 5.75 Å². The maximum Gasteiger partial charge on any atom is 0.337 e. The number of carboxylic acid groups (broad SMARTS) is 1. The second-order valence-electron chi connectivity index (χ2n) is 7.54. The number of rotatable bonds is 5. The van der Waals surface area contributed by atoms with Crippen molar-refractivity contribution in [1.82, 2.24) is 14.1 Å². The number of carboxylic acids is 1. The highest BCUT2D eigenvalue weighted by molar-refractivity contribution is 6.32. The quantitative estimate of drug-likeness (QED) is 0.643. The van der Waals surface area contributed by atoms with Crippen molar-refractivity contribution in [3.63, 3.8) is 0 Å². The molecule has 1 saturated carbocycles. The van der Waals surface area contributed by atoms with E-state index in [4.69, 9.17) is 16.3 Å². The Hall–Kier alpha value is -2.84. The van der Waals surface area contributed by atoms with Crippen LogP contribution in [-0.2, 0) is 6.54 Å². The lowest BCUT2D eigenvalue weighted by Gasteiger charge is -2.26. The number of hydrogen-bond acceptors (Lipinski definition) is 5.